The van der Waals surface area contributed by atoms with Crippen molar-refractivity contribution >= 4 is 39.8 Å². The number of rotatable bonds is 6. The lowest BCUT2D eigenvalue weighted by Gasteiger charge is -2.28. The van der Waals surface area contributed by atoms with Crippen molar-refractivity contribution in [1.82, 2.24) is 15.1 Å². The fourth-order valence-corrected chi connectivity index (χ4v) is 4.74. The molecule has 0 saturated carbocycles. The van der Waals surface area contributed by atoms with Crippen LogP contribution < -0.4 is 10.1 Å². The van der Waals surface area contributed by atoms with E-state index in [1.54, 1.807) is 7.11 Å². The van der Waals surface area contributed by atoms with Crippen molar-refractivity contribution < 1.29 is 9.53 Å². The summed E-state index contributed by atoms with van der Waals surface area (Å²) in [5, 5.41) is 12.1. The summed E-state index contributed by atoms with van der Waals surface area (Å²) >= 11 is 2.91. The zero-order valence-electron chi connectivity index (χ0n) is 14.4. The number of para-hydroxylation sites is 2. The Morgan fingerprint density at radius 3 is 2.80 bits per heavy atom. The maximum atomic E-state index is 12.5. The number of benzene rings is 1. The number of aromatic nitrogens is 2. The Morgan fingerprint density at radius 2 is 2.04 bits per heavy atom. The number of carbonyl (C=O) groups is 1. The number of likely N-dealkylation sites (tertiary alicyclic amines) is 1. The van der Waals surface area contributed by atoms with Crippen LogP contribution in [0.3, 0.4) is 0 Å². The highest BCUT2D eigenvalue weighted by Crippen LogP contribution is 2.33. The number of anilines is 2. The van der Waals surface area contributed by atoms with Gasteiger partial charge < -0.3 is 15.0 Å². The topological polar surface area (TPSA) is 67.3 Å². The van der Waals surface area contributed by atoms with Crippen LogP contribution in [0.2, 0.25) is 0 Å². The highest BCUT2D eigenvalue weighted by Gasteiger charge is 2.24. The van der Waals surface area contributed by atoms with Crippen molar-refractivity contribution in [2.75, 3.05) is 25.5 Å². The van der Waals surface area contributed by atoms with E-state index >= 15 is 0 Å². The number of hydrogen-bond donors (Lipinski definition) is 1. The maximum absolute atomic E-state index is 12.5. The van der Waals surface area contributed by atoms with Gasteiger partial charge in [0.05, 0.1) is 18.0 Å². The first-order valence-corrected chi connectivity index (χ1v) is 10.1. The molecule has 2 heterocycles. The molecule has 8 heteroatoms. The smallest absolute Gasteiger partial charge is 0.235 e. The molecule has 0 spiro atoms. The van der Waals surface area contributed by atoms with Crippen LogP contribution >= 0.6 is 23.1 Å². The fourth-order valence-electron chi connectivity index (χ4n) is 2.74. The molecule has 1 N–H and O–H groups in total. The molecule has 1 fully saturated rings. The molecule has 1 aliphatic heterocycles. The first kappa shape index (κ1) is 18.0. The molecular formula is C17H22N4O2S2. The molecule has 0 aliphatic carbocycles. The quantitative estimate of drug-likeness (QED) is 0.772. The van der Waals surface area contributed by atoms with Gasteiger partial charge in [-0.3, -0.25) is 4.79 Å². The lowest BCUT2D eigenvalue weighted by atomic mass is 10.1. The van der Waals surface area contributed by atoms with Gasteiger partial charge in [-0.25, -0.2) is 0 Å². The summed E-state index contributed by atoms with van der Waals surface area (Å²) in [4.78, 5) is 14.5. The number of carbonyl (C=O) groups excluding carboxylic acids is 1. The zero-order valence-corrected chi connectivity index (χ0v) is 16.0. The third-order valence-electron chi connectivity index (χ3n) is 4.05. The highest BCUT2D eigenvalue weighted by atomic mass is 32.2. The van der Waals surface area contributed by atoms with Crippen LogP contribution in [0.25, 0.3) is 0 Å². The lowest BCUT2D eigenvalue weighted by molar-refractivity contribution is -0.131. The Hall–Kier alpha value is -1.80. The van der Waals surface area contributed by atoms with Crippen LogP contribution in [-0.2, 0) is 4.79 Å². The van der Waals surface area contributed by atoms with E-state index in [4.69, 9.17) is 4.74 Å². The van der Waals surface area contributed by atoms with E-state index < -0.39 is 0 Å². The highest BCUT2D eigenvalue weighted by molar-refractivity contribution is 8.02. The number of piperidine rings is 1. The van der Waals surface area contributed by atoms with E-state index in [2.05, 4.69) is 15.5 Å². The Kier molecular flexibility index (Phi) is 6.14. The van der Waals surface area contributed by atoms with E-state index in [1.807, 2.05) is 36.1 Å². The van der Waals surface area contributed by atoms with Crippen LogP contribution in [-0.4, -0.2) is 46.5 Å². The molecule has 2 aromatic rings. The van der Waals surface area contributed by atoms with Crippen molar-refractivity contribution in [3.05, 3.63) is 24.3 Å². The largest absolute Gasteiger partial charge is 0.495 e. The Morgan fingerprint density at radius 1 is 1.28 bits per heavy atom. The van der Waals surface area contributed by atoms with Gasteiger partial charge in [-0.2, -0.15) is 0 Å². The van der Waals surface area contributed by atoms with Gasteiger partial charge in [0.15, 0.2) is 4.34 Å². The number of nitrogens with one attached hydrogen (secondary N) is 1. The van der Waals surface area contributed by atoms with Crippen LogP contribution in [0.1, 0.15) is 26.2 Å². The molecule has 0 bridgehead atoms. The molecule has 1 aromatic heterocycles. The monoisotopic (exact) mass is 378 g/mol. The predicted molar refractivity (Wildman–Crippen MR) is 102 cm³/mol. The first-order valence-electron chi connectivity index (χ1n) is 8.36. The number of thioether (sulfide) groups is 1. The van der Waals surface area contributed by atoms with Crippen LogP contribution in [0, 0.1) is 0 Å². The van der Waals surface area contributed by atoms with Crippen LogP contribution in [0.4, 0.5) is 10.8 Å². The number of nitrogens with zero attached hydrogens (tertiary/aromatic N) is 3. The second-order valence-corrected chi connectivity index (χ2v) is 8.41. The van der Waals surface area contributed by atoms with Crippen molar-refractivity contribution in [3.63, 3.8) is 0 Å². The van der Waals surface area contributed by atoms with Gasteiger partial charge in [0.1, 0.15) is 5.75 Å². The third kappa shape index (κ3) is 4.64. The molecule has 3 rings (SSSR count). The SMILES string of the molecule is COc1ccccc1Nc1nnc(S[C@@H](C)C(=O)N2CCCCC2)s1. The molecule has 1 aliphatic rings. The molecule has 1 atom stereocenters. The minimum Gasteiger partial charge on any atom is -0.495 e. The normalized spacial score (nSPS) is 15.7. The number of methoxy groups -OCH3 is 1. The summed E-state index contributed by atoms with van der Waals surface area (Å²) in [6.07, 6.45) is 3.43. The zero-order chi connectivity index (χ0) is 17.6. The van der Waals surface area contributed by atoms with Gasteiger partial charge in [-0.15, -0.1) is 10.2 Å². The second-order valence-electron chi connectivity index (χ2n) is 5.84. The van der Waals surface area contributed by atoms with Crippen molar-refractivity contribution in [2.24, 2.45) is 0 Å². The van der Waals surface area contributed by atoms with Crippen LogP contribution in [0.5, 0.6) is 5.75 Å². The molecule has 134 valence electrons. The molecule has 1 saturated heterocycles. The van der Waals surface area contributed by atoms with Gasteiger partial charge in [-0.1, -0.05) is 35.2 Å². The second kappa shape index (κ2) is 8.53. The summed E-state index contributed by atoms with van der Waals surface area (Å²) in [7, 11) is 1.63. The summed E-state index contributed by atoms with van der Waals surface area (Å²) in [6, 6.07) is 7.66. The average molecular weight is 379 g/mol. The van der Waals surface area contributed by atoms with E-state index in [9.17, 15) is 4.79 Å². The predicted octanol–water partition coefficient (Wildman–Crippen LogP) is 3.78. The van der Waals surface area contributed by atoms with Gasteiger partial charge in [0.2, 0.25) is 11.0 Å². The minimum absolute atomic E-state index is 0.148. The molecule has 1 aromatic carbocycles. The van der Waals surface area contributed by atoms with Gasteiger partial charge in [0.25, 0.3) is 0 Å². The van der Waals surface area contributed by atoms with Gasteiger partial charge in [-0.05, 0) is 38.3 Å². The Balaban J connectivity index is 1.60. The molecule has 6 nitrogen and oxygen atoms in total. The molecule has 0 radical (unpaired) electrons. The summed E-state index contributed by atoms with van der Waals surface area (Å²) in [5.74, 6) is 0.944. The summed E-state index contributed by atoms with van der Waals surface area (Å²) in [6.45, 7) is 3.69. The first-order chi connectivity index (χ1) is 12.2. The molecule has 0 unspecified atom stereocenters. The van der Waals surface area contributed by atoms with Crippen LogP contribution in [0.15, 0.2) is 28.6 Å². The van der Waals surface area contributed by atoms with Gasteiger partial charge >= 0.3 is 0 Å². The van der Waals surface area contributed by atoms with Crippen molar-refractivity contribution in [1.29, 1.82) is 0 Å². The third-order valence-corrected chi connectivity index (χ3v) is 6.06. The molecule has 25 heavy (non-hydrogen) atoms. The maximum Gasteiger partial charge on any atom is 0.235 e. The van der Waals surface area contributed by atoms with Crippen molar-refractivity contribution in [2.45, 2.75) is 35.8 Å². The molecular weight excluding hydrogens is 356 g/mol. The van der Waals surface area contributed by atoms with Crippen molar-refractivity contribution in [3.8, 4) is 5.75 Å². The molecule has 1 amide bonds. The number of amides is 1. The van der Waals surface area contributed by atoms with Gasteiger partial charge in [0, 0.05) is 13.1 Å². The van der Waals surface area contributed by atoms with E-state index in [0.717, 1.165) is 41.7 Å². The van der Waals surface area contributed by atoms with E-state index in [0.29, 0.717) is 5.13 Å². The Bertz CT molecular complexity index is 716. The fraction of sp³-hybridized carbons (Fsp3) is 0.471. The lowest BCUT2D eigenvalue weighted by Crippen LogP contribution is -2.40. The summed E-state index contributed by atoms with van der Waals surface area (Å²) < 4.78 is 6.11. The van der Waals surface area contributed by atoms with E-state index in [1.165, 1.54) is 29.5 Å². The van der Waals surface area contributed by atoms with E-state index in [-0.39, 0.29) is 11.2 Å². The number of hydrogen-bond acceptors (Lipinski definition) is 7. The minimum atomic E-state index is -0.148. The standard InChI is InChI=1S/C17H22N4O2S2/c1-12(15(22)21-10-6-3-7-11-21)24-17-20-19-16(25-17)18-13-8-4-5-9-14(13)23-2/h4-5,8-9,12H,3,6-7,10-11H2,1-2H3,(H,18,19)/t12-/m0/s1. The Labute approximate surface area is 156 Å². The summed E-state index contributed by atoms with van der Waals surface area (Å²) in [5.41, 5.74) is 0.843. The average Bonchev–Trinajstić information content (AvgIpc) is 3.09. The number of ether oxygens (including phenoxy) is 1.